The molecular formula is C18H22N4O4S3. The van der Waals surface area contributed by atoms with Gasteiger partial charge in [-0.2, -0.15) is 4.31 Å². The largest absolute Gasteiger partial charge is 0.497 e. The van der Waals surface area contributed by atoms with E-state index in [9.17, 15) is 13.2 Å². The minimum atomic E-state index is -3.67. The number of anilines is 1. The molecule has 1 atom stereocenters. The van der Waals surface area contributed by atoms with E-state index in [4.69, 9.17) is 4.74 Å². The predicted octanol–water partition coefficient (Wildman–Crippen LogP) is 2.86. The van der Waals surface area contributed by atoms with E-state index in [-0.39, 0.29) is 17.3 Å². The Morgan fingerprint density at radius 2 is 2.17 bits per heavy atom. The summed E-state index contributed by atoms with van der Waals surface area (Å²) < 4.78 is 33.1. The van der Waals surface area contributed by atoms with Crippen LogP contribution in [0.25, 0.3) is 0 Å². The van der Waals surface area contributed by atoms with Crippen molar-refractivity contribution in [1.29, 1.82) is 0 Å². The Labute approximate surface area is 178 Å². The number of methoxy groups -OCH3 is 1. The summed E-state index contributed by atoms with van der Waals surface area (Å²) in [6.07, 6.45) is 3.01. The lowest BCUT2D eigenvalue weighted by Gasteiger charge is -2.31. The molecule has 0 bridgehead atoms. The van der Waals surface area contributed by atoms with Gasteiger partial charge in [0.25, 0.3) is 0 Å². The number of carbonyl (C=O) groups is 1. The molecule has 1 aliphatic heterocycles. The maximum atomic E-state index is 12.9. The number of amides is 1. The van der Waals surface area contributed by atoms with Crippen LogP contribution in [-0.2, 0) is 14.8 Å². The van der Waals surface area contributed by atoms with Crippen molar-refractivity contribution in [1.82, 2.24) is 14.5 Å². The van der Waals surface area contributed by atoms with E-state index in [1.807, 2.05) is 0 Å². The van der Waals surface area contributed by atoms with Crippen LogP contribution >= 0.6 is 23.1 Å². The highest BCUT2D eigenvalue weighted by atomic mass is 32.2. The summed E-state index contributed by atoms with van der Waals surface area (Å²) in [5, 5.41) is 11.2. The van der Waals surface area contributed by atoms with Crippen molar-refractivity contribution in [3.8, 4) is 5.75 Å². The minimum absolute atomic E-state index is 0.136. The van der Waals surface area contributed by atoms with Gasteiger partial charge in [0.05, 0.1) is 17.9 Å². The van der Waals surface area contributed by atoms with E-state index >= 15 is 0 Å². The normalized spacial score (nSPS) is 17.6. The van der Waals surface area contributed by atoms with Crippen LogP contribution in [0.2, 0.25) is 0 Å². The Kier molecular flexibility index (Phi) is 7.28. The average molecular weight is 455 g/mol. The Morgan fingerprint density at radius 1 is 1.41 bits per heavy atom. The predicted molar refractivity (Wildman–Crippen MR) is 114 cm³/mol. The summed E-state index contributed by atoms with van der Waals surface area (Å²) in [5.41, 5.74) is 0. The lowest BCUT2D eigenvalue weighted by Crippen LogP contribution is -2.43. The fourth-order valence-corrected chi connectivity index (χ4v) is 5.97. The molecule has 0 unspecified atom stereocenters. The van der Waals surface area contributed by atoms with Crippen molar-refractivity contribution in [2.75, 3.05) is 31.3 Å². The lowest BCUT2D eigenvalue weighted by molar-refractivity contribution is -0.120. The Balaban J connectivity index is 1.65. The Hall–Kier alpha value is -1.95. The monoisotopic (exact) mass is 454 g/mol. The Morgan fingerprint density at radius 3 is 2.86 bits per heavy atom. The standard InChI is InChI=1S/C18H22N4O4S3/c1-3-11-27-18-21-20-17(28-18)19-16(23)13-5-4-10-22(12-13)29(24,25)15-8-6-14(26-2)7-9-15/h3,6-9,13H,1,4-5,10-12H2,2H3,(H,19,20,23)/t13-/m0/s1. The van der Waals surface area contributed by atoms with Gasteiger partial charge in [0.1, 0.15) is 5.75 Å². The molecule has 1 N–H and O–H groups in total. The molecule has 0 spiro atoms. The number of aromatic nitrogens is 2. The molecule has 1 aromatic carbocycles. The summed E-state index contributed by atoms with van der Waals surface area (Å²) in [7, 11) is -2.15. The molecule has 29 heavy (non-hydrogen) atoms. The molecule has 1 saturated heterocycles. The van der Waals surface area contributed by atoms with Gasteiger partial charge in [0.2, 0.25) is 21.1 Å². The van der Waals surface area contributed by atoms with Crippen LogP contribution in [0.5, 0.6) is 5.75 Å². The van der Waals surface area contributed by atoms with E-state index < -0.39 is 15.9 Å². The third-order valence-electron chi connectivity index (χ3n) is 4.41. The first-order valence-corrected chi connectivity index (χ1v) is 12.2. The number of nitrogens with one attached hydrogen (secondary N) is 1. The molecule has 2 aromatic rings. The highest BCUT2D eigenvalue weighted by molar-refractivity contribution is 8.01. The molecule has 1 amide bonds. The Bertz CT molecular complexity index is 960. The van der Waals surface area contributed by atoms with Crippen LogP contribution in [0.15, 0.2) is 46.2 Å². The zero-order chi connectivity index (χ0) is 20.9. The second-order valence-electron chi connectivity index (χ2n) is 6.34. The van der Waals surface area contributed by atoms with E-state index in [0.717, 1.165) is 4.34 Å². The number of piperidine rings is 1. The van der Waals surface area contributed by atoms with Crippen LogP contribution in [0.1, 0.15) is 12.8 Å². The van der Waals surface area contributed by atoms with E-state index in [1.54, 1.807) is 18.2 Å². The van der Waals surface area contributed by atoms with Gasteiger partial charge >= 0.3 is 0 Å². The average Bonchev–Trinajstić information content (AvgIpc) is 3.19. The second kappa shape index (κ2) is 9.70. The number of hydrogen-bond acceptors (Lipinski definition) is 8. The van der Waals surface area contributed by atoms with Crippen molar-refractivity contribution in [2.45, 2.75) is 22.1 Å². The summed E-state index contributed by atoms with van der Waals surface area (Å²) in [6.45, 7) is 4.18. The molecule has 2 heterocycles. The number of sulfonamides is 1. The fraction of sp³-hybridized carbons (Fsp3) is 0.389. The molecule has 11 heteroatoms. The number of ether oxygens (including phenoxy) is 1. The molecule has 8 nitrogen and oxygen atoms in total. The first-order valence-electron chi connectivity index (χ1n) is 8.96. The molecule has 0 aliphatic carbocycles. The minimum Gasteiger partial charge on any atom is -0.497 e. The molecule has 3 rings (SSSR count). The molecule has 0 saturated carbocycles. The van der Waals surface area contributed by atoms with Gasteiger partial charge in [-0.3, -0.25) is 4.79 Å². The van der Waals surface area contributed by atoms with Crippen LogP contribution in [0.4, 0.5) is 5.13 Å². The van der Waals surface area contributed by atoms with Crippen molar-refractivity contribution in [3.63, 3.8) is 0 Å². The molecule has 156 valence electrons. The van der Waals surface area contributed by atoms with Gasteiger partial charge in [0, 0.05) is 18.8 Å². The molecular weight excluding hydrogens is 432 g/mol. The van der Waals surface area contributed by atoms with Crippen molar-refractivity contribution >= 4 is 44.2 Å². The highest BCUT2D eigenvalue weighted by Crippen LogP contribution is 2.28. The van der Waals surface area contributed by atoms with Gasteiger partial charge in [-0.15, -0.1) is 16.8 Å². The number of rotatable bonds is 8. The van der Waals surface area contributed by atoms with Gasteiger partial charge in [0.15, 0.2) is 4.34 Å². The first kappa shape index (κ1) is 21.8. The van der Waals surface area contributed by atoms with Crippen LogP contribution in [0, 0.1) is 5.92 Å². The smallest absolute Gasteiger partial charge is 0.243 e. The topological polar surface area (TPSA) is 101 Å². The van der Waals surface area contributed by atoms with E-state index in [2.05, 4.69) is 22.1 Å². The summed E-state index contributed by atoms with van der Waals surface area (Å²) in [6, 6.07) is 6.25. The quantitative estimate of drug-likeness (QED) is 0.372. The number of carbonyl (C=O) groups excluding carboxylic acids is 1. The molecule has 0 radical (unpaired) electrons. The van der Waals surface area contributed by atoms with Crippen LogP contribution in [0.3, 0.4) is 0 Å². The molecule has 1 fully saturated rings. The highest BCUT2D eigenvalue weighted by Gasteiger charge is 2.33. The third-order valence-corrected chi connectivity index (χ3v) is 8.26. The number of hydrogen-bond donors (Lipinski definition) is 1. The van der Waals surface area contributed by atoms with Gasteiger partial charge in [-0.25, -0.2) is 8.42 Å². The van der Waals surface area contributed by atoms with Crippen molar-refractivity contribution in [3.05, 3.63) is 36.9 Å². The van der Waals surface area contributed by atoms with Crippen LogP contribution in [-0.4, -0.2) is 54.8 Å². The van der Waals surface area contributed by atoms with Gasteiger partial charge in [-0.1, -0.05) is 29.2 Å². The number of benzene rings is 1. The van der Waals surface area contributed by atoms with E-state index in [0.29, 0.717) is 36.0 Å². The second-order valence-corrected chi connectivity index (χ2v) is 10.5. The maximum Gasteiger partial charge on any atom is 0.243 e. The summed E-state index contributed by atoms with van der Waals surface area (Å²) in [4.78, 5) is 12.8. The maximum absolute atomic E-state index is 12.9. The molecule has 1 aliphatic rings. The zero-order valence-corrected chi connectivity index (χ0v) is 18.4. The summed E-state index contributed by atoms with van der Waals surface area (Å²) >= 11 is 2.78. The zero-order valence-electron chi connectivity index (χ0n) is 15.9. The third kappa shape index (κ3) is 5.35. The summed E-state index contributed by atoms with van der Waals surface area (Å²) in [5.74, 6) is 0.618. The molecule has 1 aromatic heterocycles. The number of nitrogens with zero attached hydrogens (tertiary/aromatic N) is 3. The van der Waals surface area contributed by atoms with Crippen molar-refractivity contribution in [2.24, 2.45) is 5.92 Å². The lowest BCUT2D eigenvalue weighted by atomic mass is 9.99. The van der Waals surface area contributed by atoms with Gasteiger partial charge in [-0.05, 0) is 37.1 Å². The fourth-order valence-electron chi connectivity index (χ4n) is 2.93. The van der Waals surface area contributed by atoms with Crippen LogP contribution < -0.4 is 10.1 Å². The number of thioether (sulfide) groups is 1. The van der Waals surface area contributed by atoms with Gasteiger partial charge < -0.3 is 10.1 Å². The van der Waals surface area contributed by atoms with Crippen molar-refractivity contribution < 1.29 is 17.9 Å². The van der Waals surface area contributed by atoms with E-state index in [1.165, 1.54) is 46.6 Å². The first-order chi connectivity index (χ1) is 13.9. The SMILES string of the molecule is C=CCSc1nnc(NC(=O)[C@H]2CCCN(S(=O)(=O)c3ccc(OC)cc3)C2)s1.